The number of hydrogen-bond donors (Lipinski definition) is 1. The van der Waals surface area contributed by atoms with Crippen LogP contribution in [0.3, 0.4) is 0 Å². The van der Waals surface area contributed by atoms with Crippen LogP contribution in [-0.2, 0) is 29.1 Å². The van der Waals surface area contributed by atoms with Crippen LogP contribution in [0.5, 0.6) is 0 Å². The van der Waals surface area contributed by atoms with Crippen molar-refractivity contribution in [1.82, 2.24) is 14.5 Å². The molecule has 1 aromatic carbocycles. The molecule has 0 saturated carbocycles. The molecule has 0 aliphatic heterocycles. The molecular weight excluding hydrogens is 417 g/mol. The number of carbonyl (C=O) groups is 2. The number of imidazole rings is 1. The Balaban J connectivity index is 2.02. The molecule has 1 amide bonds. The van der Waals surface area contributed by atoms with E-state index in [1.54, 1.807) is 18.7 Å². The van der Waals surface area contributed by atoms with Crippen molar-refractivity contribution in [3.8, 4) is 0 Å². The lowest BCUT2D eigenvalue weighted by atomic mass is 10.1. The number of hydrogen-bond acceptors (Lipinski definition) is 6. The van der Waals surface area contributed by atoms with Crippen molar-refractivity contribution < 1.29 is 32.2 Å². The van der Waals surface area contributed by atoms with Crippen LogP contribution in [0.2, 0.25) is 0 Å². The summed E-state index contributed by atoms with van der Waals surface area (Å²) in [5.74, 6) is -0.952. The van der Waals surface area contributed by atoms with Gasteiger partial charge >= 0.3 is 12.1 Å². The minimum absolute atomic E-state index is 0.00622. The minimum Gasteiger partial charge on any atom is -0.465 e. The predicted molar refractivity (Wildman–Crippen MR) is 105 cm³/mol. The number of pyridine rings is 1. The van der Waals surface area contributed by atoms with Gasteiger partial charge in [0.25, 0.3) is 5.91 Å². The average Bonchev–Trinajstić information content (AvgIpc) is 3.05. The Hall–Kier alpha value is -3.47. The second-order valence-corrected chi connectivity index (χ2v) is 6.57. The third-order valence-corrected chi connectivity index (χ3v) is 4.57. The van der Waals surface area contributed by atoms with E-state index in [9.17, 15) is 22.8 Å². The highest BCUT2D eigenvalue weighted by molar-refractivity contribution is 6.09. The second kappa shape index (κ2) is 8.72. The molecule has 3 rings (SSSR count). The zero-order valence-corrected chi connectivity index (χ0v) is 16.9. The number of anilines is 1. The monoisotopic (exact) mass is 436 g/mol. The average molecular weight is 436 g/mol. The lowest BCUT2D eigenvalue weighted by molar-refractivity contribution is -0.141. The summed E-state index contributed by atoms with van der Waals surface area (Å²) in [5, 5.41) is 2.46. The third-order valence-electron chi connectivity index (χ3n) is 4.57. The van der Waals surface area contributed by atoms with Gasteiger partial charge in [0.15, 0.2) is 0 Å². The predicted octanol–water partition coefficient (Wildman–Crippen LogP) is 3.21. The zero-order chi connectivity index (χ0) is 22.8. The third kappa shape index (κ3) is 4.66. The van der Waals surface area contributed by atoms with Gasteiger partial charge in [-0.1, -0.05) is 6.07 Å². The van der Waals surface area contributed by atoms with Crippen molar-refractivity contribution in [3.63, 3.8) is 0 Å². The van der Waals surface area contributed by atoms with Gasteiger partial charge in [-0.05, 0) is 24.3 Å². The molecule has 31 heavy (non-hydrogen) atoms. The second-order valence-electron chi connectivity index (χ2n) is 6.57. The molecule has 2 heterocycles. The maximum Gasteiger partial charge on any atom is 0.433 e. The summed E-state index contributed by atoms with van der Waals surface area (Å²) in [6.45, 7) is 0.436. The molecule has 11 heteroatoms. The number of alkyl halides is 3. The van der Waals surface area contributed by atoms with Gasteiger partial charge in [0.1, 0.15) is 17.2 Å². The van der Waals surface area contributed by atoms with Gasteiger partial charge in [0, 0.05) is 20.6 Å². The molecule has 164 valence electrons. The van der Waals surface area contributed by atoms with Crippen molar-refractivity contribution in [2.75, 3.05) is 26.1 Å². The molecule has 0 atom stereocenters. The lowest BCUT2D eigenvalue weighted by Crippen LogP contribution is -2.19. The first kappa shape index (κ1) is 22.2. The quantitative estimate of drug-likeness (QED) is 0.597. The van der Waals surface area contributed by atoms with Gasteiger partial charge in [-0.25, -0.2) is 14.8 Å². The van der Waals surface area contributed by atoms with E-state index in [1.165, 1.54) is 19.2 Å². The molecule has 0 bridgehead atoms. The number of fused-ring (bicyclic) bond motifs is 1. The number of amides is 1. The van der Waals surface area contributed by atoms with Crippen molar-refractivity contribution in [2.45, 2.75) is 12.6 Å². The number of carbonyl (C=O) groups excluding carboxylic acids is 2. The summed E-state index contributed by atoms with van der Waals surface area (Å²) in [4.78, 5) is 32.7. The van der Waals surface area contributed by atoms with Gasteiger partial charge in [0.05, 0.1) is 36.0 Å². The van der Waals surface area contributed by atoms with E-state index >= 15 is 0 Å². The van der Waals surface area contributed by atoms with Crippen LogP contribution in [0.25, 0.3) is 11.0 Å². The fraction of sp³-hybridized carbons (Fsp3) is 0.300. The highest BCUT2D eigenvalue weighted by atomic mass is 19.4. The first-order valence-electron chi connectivity index (χ1n) is 9.08. The number of nitrogens with zero attached hydrogens (tertiary/aromatic N) is 3. The van der Waals surface area contributed by atoms with Crippen LogP contribution in [0.15, 0.2) is 30.3 Å². The maximum absolute atomic E-state index is 12.9. The molecule has 8 nitrogen and oxygen atoms in total. The van der Waals surface area contributed by atoms with Crippen LogP contribution >= 0.6 is 0 Å². The number of aromatic nitrogens is 3. The Morgan fingerprint density at radius 2 is 1.90 bits per heavy atom. The molecule has 0 aliphatic carbocycles. The Morgan fingerprint density at radius 3 is 2.55 bits per heavy atom. The molecule has 0 aliphatic rings. The molecule has 0 unspecified atom stereocenters. The van der Waals surface area contributed by atoms with E-state index in [1.807, 2.05) is 0 Å². The van der Waals surface area contributed by atoms with Crippen LogP contribution in [0, 0.1) is 0 Å². The zero-order valence-electron chi connectivity index (χ0n) is 16.9. The van der Waals surface area contributed by atoms with E-state index in [0.29, 0.717) is 29.9 Å². The number of ether oxygens (including phenoxy) is 2. The van der Waals surface area contributed by atoms with Crippen molar-refractivity contribution >= 4 is 28.6 Å². The molecule has 1 N–H and O–H groups in total. The number of methoxy groups -OCH3 is 2. The molecule has 2 aromatic heterocycles. The first-order valence-corrected chi connectivity index (χ1v) is 9.08. The van der Waals surface area contributed by atoms with E-state index < -0.39 is 29.4 Å². The number of rotatable bonds is 6. The van der Waals surface area contributed by atoms with Gasteiger partial charge in [-0.2, -0.15) is 13.2 Å². The molecule has 0 fully saturated rings. The summed E-state index contributed by atoms with van der Waals surface area (Å²) >= 11 is 0. The van der Waals surface area contributed by atoms with Crippen molar-refractivity contribution in [2.24, 2.45) is 7.05 Å². The highest BCUT2D eigenvalue weighted by Gasteiger charge is 2.33. The molecular formula is C20H19F3N4O4. The summed E-state index contributed by atoms with van der Waals surface area (Å²) < 4.78 is 50.3. The highest BCUT2D eigenvalue weighted by Crippen LogP contribution is 2.28. The summed E-state index contributed by atoms with van der Waals surface area (Å²) in [5.41, 5.74) is -0.485. The van der Waals surface area contributed by atoms with Crippen molar-refractivity contribution in [1.29, 1.82) is 0 Å². The van der Waals surface area contributed by atoms with Gasteiger partial charge < -0.3 is 19.4 Å². The topological polar surface area (TPSA) is 95.3 Å². The lowest BCUT2D eigenvalue weighted by Gasteiger charge is -2.12. The van der Waals surface area contributed by atoms with E-state index in [-0.39, 0.29) is 11.3 Å². The van der Waals surface area contributed by atoms with Crippen LogP contribution in [0.4, 0.5) is 18.9 Å². The summed E-state index contributed by atoms with van der Waals surface area (Å²) in [6.07, 6.45) is -4.18. The van der Waals surface area contributed by atoms with Crippen molar-refractivity contribution in [3.05, 3.63) is 53.1 Å². The smallest absolute Gasteiger partial charge is 0.433 e. The fourth-order valence-corrected chi connectivity index (χ4v) is 2.99. The number of halogens is 3. The van der Waals surface area contributed by atoms with Crippen LogP contribution in [-0.4, -0.2) is 47.2 Å². The summed E-state index contributed by atoms with van der Waals surface area (Å²) in [7, 11) is 4.50. The number of nitrogens with one attached hydrogen (secondary N) is 1. The SMILES string of the molecule is COCCc1nc2cc(C(=O)OC)c(NC(=O)c3cccc(C(F)(F)F)n3)cc2n1C. The number of aryl methyl sites for hydroxylation is 1. The normalized spacial score (nSPS) is 11.5. The Morgan fingerprint density at radius 1 is 1.16 bits per heavy atom. The first-order chi connectivity index (χ1) is 14.7. The Labute approximate surface area is 175 Å². The van der Waals surface area contributed by atoms with E-state index in [0.717, 1.165) is 18.2 Å². The minimum atomic E-state index is -4.69. The van der Waals surface area contributed by atoms with Crippen LogP contribution in [0.1, 0.15) is 32.4 Å². The fourth-order valence-electron chi connectivity index (χ4n) is 2.99. The van der Waals surface area contributed by atoms with E-state index in [4.69, 9.17) is 9.47 Å². The molecule has 0 saturated heterocycles. The summed E-state index contributed by atoms with van der Waals surface area (Å²) in [6, 6.07) is 5.95. The van der Waals surface area contributed by atoms with Gasteiger partial charge in [-0.15, -0.1) is 0 Å². The Kier molecular flexibility index (Phi) is 6.25. The molecule has 3 aromatic rings. The van der Waals surface area contributed by atoms with Gasteiger partial charge in [0.2, 0.25) is 0 Å². The standard InChI is InChI=1S/C20H19F3N4O4/c1-27-15-10-13(26-18(28)12-5-4-6-16(24-12)20(21,22)23)11(19(29)31-3)9-14(15)25-17(27)7-8-30-2/h4-6,9-10H,7-8H2,1-3H3,(H,26,28). The molecule has 0 radical (unpaired) electrons. The largest absolute Gasteiger partial charge is 0.465 e. The van der Waals surface area contributed by atoms with Gasteiger partial charge in [-0.3, -0.25) is 4.79 Å². The van der Waals surface area contributed by atoms with Crippen LogP contribution < -0.4 is 5.32 Å². The Bertz CT molecular complexity index is 1140. The van der Waals surface area contributed by atoms with E-state index in [2.05, 4.69) is 15.3 Å². The molecule has 0 spiro atoms. The number of benzene rings is 1. The maximum atomic E-state index is 12.9. The number of esters is 1.